The van der Waals surface area contributed by atoms with Crippen LogP contribution in [0.4, 0.5) is 4.39 Å². The van der Waals surface area contributed by atoms with E-state index in [1.54, 1.807) is 14.2 Å². The highest BCUT2D eigenvalue weighted by atomic mass is 19.1. The Morgan fingerprint density at radius 1 is 1.10 bits per heavy atom. The Morgan fingerprint density at radius 3 is 2.77 bits per heavy atom. The van der Waals surface area contributed by atoms with E-state index in [1.807, 2.05) is 25.3 Å². The number of rotatable bonds is 9. The van der Waals surface area contributed by atoms with Gasteiger partial charge in [0.1, 0.15) is 18.2 Å². The lowest BCUT2D eigenvalue weighted by molar-refractivity contribution is 0.145. The highest BCUT2D eigenvalue weighted by Crippen LogP contribution is 2.21. The first-order valence-corrected chi connectivity index (χ1v) is 10.0. The second-order valence-corrected chi connectivity index (χ2v) is 7.06. The van der Waals surface area contributed by atoms with Crippen LogP contribution < -0.4 is 15.4 Å². The zero-order chi connectivity index (χ0) is 21.3. The number of halogens is 1. The van der Waals surface area contributed by atoms with Crippen molar-refractivity contribution in [1.82, 2.24) is 15.6 Å². The van der Waals surface area contributed by atoms with Crippen molar-refractivity contribution in [3.8, 4) is 5.75 Å². The number of hydrogen-bond donors (Lipinski definition) is 3. The molecule has 0 bridgehead atoms. The molecule has 0 atom stereocenters. The minimum Gasteiger partial charge on any atom is -0.491 e. The molecule has 0 unspecified atom stereocenters. The molecule has 1 heterocycles. The van der Waals surface area contributed by atoms with Crippen molar-refractivity contribution >= 4 is 16.9 Å². The van der Waals surface area contributed by atoms with Crippen LogP contribution in [0.15, 0.2) is 47.6 Å². The molecule has 3 rings (SSSR count). The molecule has 0 saturated carbocycles. The Labute approximate surface area is 176 Å². The number of fused-ring (bicyclic) bond motifs is 1. The zero-order valence-electron chi connectivity index (χ0n) is 17.7. The highest BCUT2D eigenvalue weighted by molar-refractivity contribution is 5.83. The molecule has 3 aromatic rings. The van der Waals surface area contributed by atoms with E-state index in [-0.39, 0.29) is 5.82 Å². The molecule has 0 saturated heterocycles. The first-order valence-electron chi connectivity index (χ1n) is 10.0. The molecule has 3 N–H and O–H groups in total. The van der Waals surface area contributed by atoms with Gasteiger partial charge in [0.05, 0.1) is 6.61 Å². The predicted octanol–water partition coefficient (Wildman–Crippen LogP) is 3.55. The van der Waals surface area contributed by atoms with Crippen LogP contribution in [0.5, 0.6) is 5.75 Å². The number of H-pyrrole nitrogens is 1. The lowest BCUT2D eigenvalue weighted by atomic mass is 10.1. The number of aryl methyl sites for hydroxylation is 1. The summed E-state index contributed by atoms with van der Waals surface area (Å²) in [5, 5.41) is 7.70. The van der Waals surface area contributed by atoms with Gasteiger partial charge in [-0.2, -0.15) is 0 Å². The molecular formula is C23H29FN4O2. The Kier molecular flexibility index (Phi) is 7.68. The monoisotopic (exact) mass is 412 g/mol. The molecule has 0 aliphatic heterocycles. The maximum atomic E-state index is 13.3. The third-order valence-corrected chi connectivity index (χ3v) is 4.85. The van der Waals surface area contributed by atoms with Crippen molar-refractivity contribution in [2.24, 2.45) is 4.99 Å². The van der Waals surface area contributed by atoms with Crippen LogP contribution in [0.1, 0.15) is 16.7 Å². The number of aliphatic imine (C=N–C) groups is 1. The topological polar surface area (TPSA) is 70.7 Å². The van der Waals surface area contributed by atoms with Crippen LogP contribution in [0, 0.1) is 12.7 Å². The summed E-state index contributed by atoms with van der Waals surface area (Å²) in [5.41, 5.74) is 4.15. The van der Waals surface area contributed by atoms with E-state index >= 15 is 0 Å². The zero-order valence-corrected chi connectivity index (χ0v) is 17.7. The van der Waals surface area contributed by atoms with Crippen LogP contribution in [0.25, 0.3) is 10.9 Å². The number of nitrogens with one attached hydrogen (secondary N) is 3. The molecule has 2 aromatic carbocycles. The molecule has 1 aromatic heterocycles. The molecule has 30 heavy (non-hydrogen) atoms. The standard InChI is InChI=1S/C23H29FN4O2/c1-16-4-5-18(22(12-16)30-11-10-29-3)15-28-23(25-2)26-9-8-17-14-27-21-13-19(24)6-7-20(17)21/h4-7,12-14,27H,8-11,15H2,1-3H3,(H2,25,26,28). The van der Waals surface area contributed by atoms with Gasteiger partial charge in [-0.25, -0.2) is 4.39 Å². The molecule has 7 heteroatoms. The number of hydrogen-bond acceptors (Lipinski definition) is 3. The van der Waals surface area contributed by atoms with Crippen molar-refractivity contribution in [3.05, 3.63) is 65.1 Å². The van der Waals surface area contributed by atoms with E-state index in [0.717, 1.165) is 39.8 Å². The van der Waals surface area contributed by atoms with Crippen molar-refractivity contribution < 1.29 is 13.9 Å². The van der Waals surface area contributed by atoms with Crippen LogP contribution >= 0.6 is 0 Å². The van der Waals surface area contributed by atoms with Gasteiger partial charge in [0.25, 0.3) is 0 Å². The van der Waals surface area contributed by atoms with Gasteiger partial charge in [0, 0.05) is 49.9 Å². The second kappa shape index (κ2) is 10.6. The van der Waals surface area contributed by atoms with Crippen LogP contribution in [0.3, 0.4) is 0 Å². The maximum absolute atomic E-state index is 13.3. The summed E-state index contributed by atoms with van der Waals surface area (Å²) in [6, 6.07) is 11.0. The van der Waals surface area contributed by atoms with Gasteiger partial charge in [-0.1, -0.05) is 12.1 Å². The van der Waals surface area contributed by atoms with Crippen molar-refractivity contribution in [2.45, 2.75) is 19.9 Å². The molecule has 0 amide bonds. The van der Waals surface area contributed by atoms with Gasteiger partial charge < -0.3 is 25.1 Å². The molecular weight excluding hydrogens is 383 g/mol. The summed E-state index contributed by atoms with van der Waals surface area (Å²) in [6.07, 6.45) is 2.72. The molecule has 6 nitrogen and oxygen atoms in total. The number of nitrogens with zero attached hydrogens (tertiary/aromatic N) is 1. The summed E-state index contributed by atoms with van der Waals surface area (Å²) >= 11 is 0. The van der Waals surface area contributed by atoms with Gasteiger partial charge >= 0.3 is 0 Å². The average Bonchev–Trinajstić information content (AvgIpc) is 3.13. The summed E-state index contributed by atoms with van der Waals surface area (Å²) in [5.74, 6) is 1.32. The van der Waals surface area contributed by atoms with E-state index in [9.17, 15) is 4.39 Å². The number of aromatic amines is 1. The summed E-state index contributed by atoms with van der Waals surface area (Å²) in [7, 11) is 3.40. The van der Waals surface area contributed by atoms with Crippen LogP contribution in [-0.4, -0.2) is 44.9 Å². The predicted molar refractivity (Wildman–Crippen MR) is 119 cm³/mol. The quantitative estimate of drug-likeness (QED) is 0.286. The third-order valence-electron chi connectivity index (χ3n) is 4.85. The van der Waals surface area contributed by atoms with E-state index < -0.39 is 0 Å². The number of methoxy groups -OCH3 is 1. The first kappa shape index (κ1) is 21.6. The number of aromatic nitrogens is 1. The van der Waals surface area contributed by atoms with Crippen LogP contribution in [0.2, 0.25) is 0 Å². The number of benzene rings is 2. The lowest BCUT2D eigenvalue weighted by Crippen LogP contribution is -2.37. The van der Waals surface area contributed by atoms with E-state index in [2.05, 4.69) is 32.7 Å². The van der Waals surface area contributed by atoms with Gasteiger partial charge in [-0.15, -0.1) is 0 Å². The van der Waals surface area contributed by atoms with Gasteiger partial charge in [-0.05, 0) is 48.7 Å². The van der Waals surface area contributed by atoms with E-state index in [1.165, 1.54) is 12.1 Å². The number of guanidine groups is 1. The van der Waals surface area contributed by atoms with Crippen molar-refractivity contribution in [1.29, 1.82) is 0 Å². The second-order valence-electron chi connectivity index (χ2n) is 7.06. The first-order chi connectivity index (χ1) is 14.6. The van der Waals surface area contributed by atoms with E-state index in [4.69, 9.17) is 9.47 Å². The fourth-order valence-corrected chi connectivity index (χ4v) is 3.26. The van der Waals surface area contributed by atoms with Crippen molar-refractivity contribution in [2.75, 3.05) is 33.9 Å². The molecule has 0 aliphatic carbocycles. The Bertz CT molecular complexity index is 1000. The average molecular weight is 413 g/mol. The maximum Gasteiger partial charge on any atom is 0.191 e. The van der Waals surface area contributed by atoms with Gasteiger partial charge in [0.15, 0.2) is 5.96 Å². The smallest absolute Gasteiger partial charge is 0.191 e. The minimum atomic E-state index is -0.236. The fraction of sp³-hybridized carbons (Fsp3) is 0.348. The highest BCUT2D eigenvalue weighted by Gasteiger charge is 2.08. The fourth-order valence-electron chi connectivity index (χ4n) is 3.26. The lowest BCUT2D eigenvalue weighted by Gasteiger charge is -2.15. The largest absolute Gasteiger partial charge is 0.491 e. The summed E-state index contributed by atoms with van der Waals surface area (Å²) in [6.45, 7) is 4.39. The molecule has 160 valence electrons. The van der Waals surface area contributed by atoms with Gasteiger partial charge in [0.2, 0.25) is 0 Å². The Morgan fingerprint density at radius 2 is 1.97 bits per heavy atom. The SMILES string of the molecule is CN=C(NCCc1c[nH]c2cc(F)ccc12)NCc1ccc(C)cc1OCCOC. The van der Waals surface area contributed by atoms with E-state index in [0.29, 0.717) is 32.3 Å². The molecule has 0 fully saturated rings. The molecule has 0 spiro atoms. The van der Waals surface area contributed by atoms with Crippen LogP contribution in [-0.2, 0) is 17.7 Å². The van der Waals surface area contributed by atoms with Crippen molar-refractivity contribution in [3.63, 3.8) is 0 Å². The normalized spacial score (nSPS) is 11.7. The summed E-state index contributed by atoms with van der Waals surface area (Å²) < 4.78 is 24.3. The molecule has 0 radical (unpaired) electrons. The third kappa shape index (κ3) is 5.73. The Hall–Kier alpha value is -3.06. The Balaban J connectivity index is 1.53. The van der Waals surface area contributed by atoms with Gasteiger partial charge in [-0.3, -0.25) is 4.99 Å². The molecule has 0 aliphatic rings. The number of ether oxygens (including phenoxy) is 2. The minimum absolute atomic E-state index is 0.236. The summed E-state index contributed by atoms with van der Waals surface area (Å²) in [4.78, 5) is 7.42.